The highest BCUT2D eigenvalue weighted by molar-refractivity contribution is 6.30. The summed E-state index contributed by atoms with van der Waals surface area (Å²) >= 11 is 5.84. The SMILES string of the molecule is CC1CCC2(CC1)OOC(c1ccc(Cl)cc1)OO2. The Labute approximate surface area is 117 Å². The van der Waals surface area contributed by atoms with E-state index in [1.807, 2.05) is 12.1 Å². The fourth-order valence-electron chi connectivity index (χ4n) is 2.39. The van der Waals surface area contributed by atoms with Gasteiger partial charge < -0.3 is 0 Å². The highest BCUT2D eigenvalue weighted by atomic mass is 35.5. The van der Waals surface area contributed by atoms with E-state index < -0.39 is 12.1 Å². The van der Waals surface area contributed by atoms with Crippen LogP contribution in [0.3, 0.4) is 0 Å². The smallest absolute Gasteiger partial charge is 0.195 e. The number of hydrogen-bond donors (Lipinski definition) is 0. The summed E-state index contributed by atoms with van der Waals surface area (Å²) in [5, 5.41) is 0.666. The van der Waals surface area contributed by atoms with Crippen LogP contribution in [0.25, 0.3) is 0 Å². The molecule has 3 rings (SSSR count). The van der Waals surface area contributed by atoms with Crippen molar-refractivity contribution in [1.29, 1.82) is 0 Å². The average Bonchev–Trinajstić information content (AvgIpc) is 2.44. The molecular weight excluding hydrogens is 268 g/mol. The van der Waals surface area contributed by atoms with Crippen molar-refractivity contribution in [3.05, 3.63) is 34.9 Å². The van der Waals surface area contributed by atoms with Crippen LogP contribution >= 0.6 is 11.6 Å². The van der Waals surface area contributed by atoms with Gasteiger partial charge >= 0.3 is 0 Å². The average molecular weight is 285 g/mol. The second-order valence-corrected chi connectivity index (χ2v) is 5.77. The van der Waals surface area contributed by atoms with Crippen LogP contribution < -0.4 is 0 Å². The molecule has 1 saturated heterocycles. The minimum atomic E-state index is -0.727. The largest absolute Gasteiger partial charge is 0.249 e. The molecule has 0 aromatic heterocycles. The normalized spacial score (nSPS) is 35.5. The molecule has 5 heteroatoms. The molecule has 104 valence electrons. The minimum absolute atomic E-state index is 0.665. The van der Waals surface area contributed by atoms with Crippen LogP contribution in [-0.4, -0.2) is 5.79 Å². The van der Waals surface area contributed by atoms with Gasteiger partial charge in [0.05, 0.1) is 0 Å². The van der Waals surface area contributed by atoms with Gasteiger partial charge in [-0.3, -0.25) is 0 Å². The standard InChI is InChI=1S/C14H17ClO4/c1-10-6-8-14(9-7-10)18-16-13(17-19-14)11-2-4-12(15)5-3-11/h2-5,10,13H,6-9H2,1H3. The fraction of sp³-hybridized carbons (Fsp3) is 0.571. The van der Waals surface area contributed by atoms with Gasteiger partial charge in [-0.1, -0.05) is 30.7 Å². The van der Waals surface area contributed by atoms with Gasteiger partial charge in [-0.15, -0.1) is 0 Å². The van der Waals surface area contributed by atoms with Gasteiger partial charge in [0.15, 0.2) is 0 Å². The van der Waals surface area contributed by atoms with Crippen molar-refractivity contribution < 1.29 is 19.6 Å². The van der Waals surface area contributed by atoms with E-state index in [2.05, 4.69) is 6.92 Å². The Balaban J connectivity index is 1.61. The summed E-state index contributed by atoms with van der Waals surface area (Å²) in [5.41, 5.74) is 0.809. The van der Waals surface area contributed by atoms with Crippen LogP contribution in [0.15, 0.2) is 24.3 Å². The van der Waals surface area contributed by atoms with Crippen molar-refractivity contribution in [3.8, 4) is 0 Å². The van der Waals surface area contributed by atoms with Crippen molar-refractivity contribution in [3.63, 3.8) is 0 Å². The molecule has 0 bridgehead atoms. The Morgan fingerprint density at radius 3 is 2.21 bits per heavy atom. The first kappa shape index (κ1) is 13.3. The first-order valence-electron chi connectivity index (χ1n) is 6.61. The number of halogens is 1. The van der Waals surface area contributed by atoms with Gasteiger partial charge in [0, 0.05) is 23.4 Å². The van der Waals surface area contributed by atoms with Crippen molar-refractivity contribution in [2.24, 2.45) is 5.92 Å². The molecule has 19 heavy (non-hydrogen) atoms. The van der Waals surface area contributed by atoms with Crippen molar-refractivity contribution in [2.45, 2.75) is 44.7 Å². The number of benzene rings is 1. The van der Waals surface area contributed by atoms with Gasteiger partial charge in [-0.2, -0.15) is 19.6 Å². The third kappa shape index (κ3) is 2.93. The Hall–Kier alpha value is -0.650. The highest BCUT2D eigenvalue weighted by Crippen LogP contribution is 2.41. The van der Waals surface area contributed by atoms with Crippen molar-refractivity contribution in [2.75, 3.05) is 0 Å². The second kappa shape index (κ2) is 5.38. The van der Waals surface area contributed by atoms with E-state index in [9.17, 15) is 0 Å². The molecule has 0 amide bonds. The van der Waals surface area contributed by atoms with E-state index in [0.29, 0.717) is 10.9 Å². The van der Waals surface area contributed by atoms with Crippen LogP contribution in [0.1, 0.15) is 44.5 Å². The van der Waals surface area contributed by atoms with Crippen molar-refractivity contribution in [1.82, 2.24) is 0 Å². The lowest BCUT2D eigenvalue weighted by Gasteiger charge is -2.40. The lowest BCUT2D eigenvalue weighted by Crippen LogP contribution is -2.44. The minimum Gasteiger partial charge on any atom is -0.195 e. The Morgan fingerprint density at radius 2 is 1.63 bits per heavy atom. The Kier molecular flexibility index (Phi) is 3.78. The fourth-order valence-corrected chi connectivity index (χ4v) is 2.52. The van der Waals surface area contributed by atoms with E-state index in [4.69, 9.17) is 31.2 Å². The van der Waals surface area contributed by atoms with Crippen LogP contribution in [0.5, 0.6) is 0 Å². The summed E-state index contributed by atoms with van der Waals surface area (Å²) in [6, 6.07) is 7.19. The monoisotopic (exact) mass is 284 g/mol. The number of rotatable bonds is 1. The van der Waals surface area contributed by atoms with E-state index in [1.165, 1.54) is 0 Å². The lowest BCUT2D eigenvalue weighted by molar-refractivity contribution is -0.633. The third-order valence-corrected chi connectivity index (χ3v) is 4.00. The molecule has 1 heterocycles. The maximum Gasteiger partial charge on any atom is 0.249 e. The predicted molar refractivity (Wildman–Crippen MR) is 68.9 cm³/mol. The predicted octanol–water partition coefficient (Wildman–Crippen LogP) is 4.16. The van der Waals surface area contributed by atoms with Crippen LogP contribution in [-0.2, 0) is 19.6 Å². The molecule has 0 unspecified atom stereocenters. The van der Waals surface area contributed by atoms with Gasteiger partial charge in [0.25, 0.3) is 0 Å². The van der Waals surface area contributed by atoms with Gasteiger partial charge in [-0.05, 0) is 30.9 Å². The lowest BCUT2D eigenvalue weighted by atomic mass is 9.86. The van der Waals surface area contributed by atoms with E-state index in [1.54, 1.807) is 12.1 Å². The molecule has 4 nitrogen and oxygen atoms in total. The molecule has 2 aliphatic rings. The highest BCUT2D eigenvalue weighted by Gasteiger charge is 2.44. The summed E-state index contributed by atoms with van der Waals surface area (Å²) < 4.78 is 0. The topological polar surface area (TPSA) is 36.9 Å². The third-order valence-electron chi connectivity index (χ3n) is 3.75. The zero-order chi connectivity index (χ0) is 13.3. The molecular formula is C14H17ClO4. The summed E-state index contributed by atoms with van der Waals surface area (Å²) in [4.78, 5) is 21.6. The Morgan fingerprint density at radius 1 is 1.05 bits per heavy atom. The number of hydrogen-bond acceptors (Lipinski definition) is 4. The zero-order valence-electron chi connectivity index (χ0n) is 10.8. The quantitative estimate of drug-likeness (QED) is 0.726. The summed E-state index contributed by atoms with van der Waals surface area (Å²) in [6.07, 6.45) is 3.03. The molecule has 0 atom stereocenters. The molecule has 1 saturated carbocycles. The first-order valence-corrected chi connectivity index (χ1v) is 6.99. The molecule has 1 aliphatic carbocycles. The summed E-state index contributed by atoms with van der Waals surface area (Å²) in [6.45, 7) is 2.23. The van der Waals surface area contributed by atoms with E-state index in [0.717, 1.165) is 31.2 Å². The molecule has 0 N–H and O–H groups in total. The van der Waals surface area contributed by atoms with Crippen molar-refractivity contribution >= 4 is 11.6 Å². The molecule has 1 aromatic rings. The maximum absolute atomic E-state index is 5.84. The molecule has 2 fully saturated rings. The second-order valence-electron chi connectivity index (χ2n) is 5.34. The summed E-state index contributed by atoms with van der Waals surface area (Å²) in [7, 11) is 0. The van der Waals surface area contributed by atoms with Crippen LogP contribution in [0.4, 0.5) is 0 Å². The van der Waals surface area contributed by atoms with E-state index >= 15 is 0 Å². The molecule has 1 spiro atoms. The molecule has 1 aromatic carbocycles. The van der Waals surface area contributed by atoms with Gasteiger partial charge in [-0.25, -0.2) is 0 Å². The van der Waals surface area contributed by atoms with E-state index in [-0.39, 0.29) is 0 Å². The molecule has 0 radical (unpaired) electrons. The maximum atomic E-state index is 5.84. The first-order chi connectivity index (χ1) is 9.17. The van der Waals surface area contributed by atoms with Crippen LogP contribution in [0.2, 0.25) is 5.02 Å². The summed E-state index contributed by atoms with van der Waals surface area (Å²) in [5.74, 6) is -0.0260. The van der Waals surface area contributed by atoms with Gasteiger partial charge in [0.2, 0.25) is 12.1 Å². The molecule has 1 aliphatic heterocycles. The Bertz CT molecular complexity index is 416. The zero-order valence-corrected chi connectivity index (χ0v) is 11.6. The van der Waals surface area contributed by atoms with Gasteiger partial charge in [0.1, 0.15) is 0 Å². The van der Waals surface area contributed by atoms with Crippen LogP contribution in [0, 0.1) is 5.92 Å².